The van der Waals surface area contributed by atoms with Crippen molar-refractivity contribution in [3.63, 3.8) is 0 Å². The Labute approximate surface area is 198 Å². The Morgan fingerprint density at radius 2 is 2.00 bits per heavy atom. The van der Waals surface area contributed by atoms with E-state index in [1.165, 1.54) is 4.88 Å². The number of carbonyl (C=O) groups excluding carboxylic acids is 2. The Morgan fingerprint density at radius 1 is 1.25 bits per heavy atom. The fourth-order valence-electron chi connectivity index (χ4n) is 4.00. The summed E-state index contributed by atoms with van der Waals surface area (Å²) in [5.41, 5.74) is 1.14. The van der Waals surface area contributed by atoms with Crippen LogP contribution in [0.4, 0.5) is 4.79 Å². The van der Waals surface area contributed by atoms with Gasteiger partial charge in [0, 0.05) is 29.0 Å². The number of hydrogen-bond donors (Lipinski definition) is 1. The minimum absolute atomic E-state index is 0.0307. The van der Waals surface area contributed by atoms with E-state index in [9.17, 15) is 9.59 Å². The normalized spacial score (nSPS) is 17.8. The van der Waals surface area contributed by atoms with Gasteiger partial charge in [-0.1, -0.05) is 11.6 Å². The van der Waals surface area contributed by atoms with Crippen LogP contribution in [0.3, 0.4) is 0 Å². The van der Waals surface area contributed by atoms with Gasteiger partial charge in [0.05, 0.1) is 6.04 Å². The van der Waals surface area contributed by atoms with Crippen molar-refractivity contribution >= 4 is 34.9 Å². The maximum Gasteiger partial charge on any atom is 0.318 e. The Kier molecular flexibility index (Phi) is 7.26. The van der Waals surface area contributed by atoms with Gasteiger partial charge in [-0.2, -0.15) is 0 Å². The molecule has 1 atom stereocenters. The average molecular weight is 476 g/mol. The fourth-order valence-corrected chi connectivity index (χ4v) is 5.06. The predicted octanol–water partition coefficient (Wildman–Crippen LogP) is 4.74. The molecule has 2 aromatic rings. The van der Waals surface area contributed by atoms with E-state index in [-0.39, 0.29) is 30.6 Å². The van der Waals surface area contributed by atoms with Crippen molar-refractivity contribution in [3.8, 4) is 5.75 Å². The van der Waals surface area contributed by atoms with Gasteiger partial charge in [-0.05, 0) is 80.3 Å². The molecule has 0 spiro atoms. The lowest BCUT2D eigenvalue weighted by atomic mass is 10.0. The SMILES string of the molecule is CC(C)NC(=O)N(CC(=O)N1CCc2sccc2C1COc1ccc(Cl)cc1)CC1CC1. The van der Waals surface area contributed by atoms with Crippen LogP contribution < -0.4 is 10.1 Å². The number of nitrogens with one attached hydrogen (secondary N) is 1. The number of ether oxygens (including phenoxy) is 1. The number of rotatable bonds is 8. The molecule has 1 aliphatic heterocycles. The standard InChI is InChI=1S/C24H30ClN3O3S/c1-16(2)26-24(30)27(13-17-3-4-17)14-23(29)28-11-9-22-20(10-12-32-22)21(28)15-31-19-7-5-18(25)6-8-19/h5-8,10,12,16-17,21H,3-4,9,11,13-15H2,1-2H3,(H,26,30). The molecule has 3 amide bonds. The molecule has 6 nitrogen and oxygen atoms in total. The summed E-state index contributed by atoms with van der Waals surface area (Å²) in [6, 6.07) is 9.02. The first-order valence-corrected chi connectivity index (χ1v) is 12.5. The summed E-state index contributed by atoms with van der Waals surface area (Å²) in [5, 5.41) is 5.67. The minimum atomic E-state index is -0.177. The van der Waals surface area contributed by atoms with Crippen LogP contribution >= 0.6 is 22.9 Å². The number of amides is 3. The molecule has 4 rings (SSSR count). The summed E-state index contributed by atoms with van der Waals surface area (Å²) in [6.45, 7) is 5.57. The van der Waals surface area contributed by atoms with Crippen molar-refractivity contribution in [3.05, 3.63) is 51.2 Å². The highest BCUT2D eigenvalue weighted by Gasteiger charge is 2.35. The zero-order valence-electron chi connectivity index (χ0n) is 18.6. The molecule has 2 aliphatic rings. The van der Waals surface area contributed by atoms with Crippen LogP contribution in [0, 0.1) is 5.92 Å². The molecule has 1 saturated carbocycles. The van der Waals surface area contributed by atoms with Crippen molar-refractivity contribution in [1.29, 1.82) is 0 Å². The van der Waals surface area contributed by atoms with Gasteiger partial charge in [0.15, 0.2) is 0 Å². The lowest BCUT2D eigenvalue weighted by Gasteiger charge is -2.37. The zero-order chi connectivity index (χ0) is 22.7. The number of urea groups is 1. The third-order valence-corrected chi connectivity index (χ3v) is 7.09. The molecule has 8 heteroatoms. The zero-order valence-corrected chi connectivity index (χ0v) is 20.1. The minimum Gasteiger partial charge on any atom is -0.491 e. The van der Waals surface area contributed by atoms with Gasteiger partial charge in [0.25, 0.3) is 0 Å². The summed E-state index contributed by atoms with van der Waals surface area (Å²) in [6.07, 6.45) is 3.08. The first-order chi connectivity index (χ1) is 15.4. The number of hydrogen-bond acceptors (Lipinski definition) is 4. The Balaban J connectivity index is 1.48. The summed E-state index contributed by atoms with van der Waals surface area (Å²) >= 11 is 7.70. The average Bonchev–Trinajstić information content (AvgIpc) is 3.44. The molecule has 172 valence electrons. The van der Waals surface area contributed by atoms with E-state index in [4.69, 9.17) is 16.3 Å². The van der Waals surface area contributed by atoms with E-state index < -0.39 is 0 Å². The van der Waals surface area contributed by atoms with Crippen LogP contribution in [0.5, 0.6) is 5.75 Å². The first-order valence-electron chi connectivity index (χ1n) is 11.2. The van der Waals surface area contributed by atoms with Gasteiger partial charge in [-0.3, -0.25) is 4.79 Å². The van der Waals surface area contributed by atoms with Crippen LogP contribution in [0.2, 0.25) is 5.02 Å². The molecule has 1 fully saturated rings. The monoisotopic (exact) mass is 475 g/mol. The van der Waals surface area contributed by atoms with Gasteiger partial charge in [0.1, 0.15) is 18.9 Å². The van der Waals surface area contributed by atoms with Crippen molar-refractivity contribution < 1.29 is 14.3 Å². The smallest absolute Gasteiger partial charge is 0.318 e. The molecular weight excluding hydrogens is 446 g/mol. The quantitative estimate of drug-likeness (QED) is 0.600. The second kappa shape index (κ2) is 10.1. The van der Waals surface area contributed by atoms with Crippen molar-refractivity contribution in [1.82, 2.24) is 15.1 Å². The highest BCUT2D eigenvalue weighted by molar-refractivity contribution is 7.10. The van der Waals surface area contributed by atoms with Crippen LogP contribution in [-0.4, -0.2) is 54.0 Å². The molecule has 1 aliphatic carbocycles. The molecular formula is C24H30ClN3O3S. The molecule has 0 radical (unpaired) electrons. The maximum absolute atomic E-state index is 13.4. The number of fused-ring (bicyclic) bond motifs is 1. The van der Waals surface area contributed by atoms with Crippen molar-refractivity contribution in [2.24, 2.45) is 5.92 Å². The molecule has 1 N–H and O–H groups in total. The number of thiophene rings is 1. The molecule has 1 aromatic heterocycles. The van der Waals surface area contributed by atoms with E-state index in [1.54, 1.807) is 28.4 Å². The highest BCUT2D eigenvalue weighted by atomic mass is 35.5. The van der Waals surface area contributed by atoms with Crippen LogP contribution in [0.25, 0.3) is 0 Å². The summed E-state index contributed by atoms with van der Waals surface area (Å²) < 4.78 is 6.05. The van der Waals surface area contributed by atoms with Gasteiger partial charge in [-0.15, -0.1) is 11.3 Å². The number of benzene rings is 1. The number of halogens is 1. The molecule has 0 bridgehead atoms. The second-order valence-electron chi connectivity index (χ2n) is 8.85. The molecule has 1 unspecified atom stereocenters. The third-order valence-electron chi connectivity index (χ3n) is 5.84. The third kappa shape index (κ3) is 5.75. The molecule has 32 heavy (non-hydrogen) atoms. The van der Waals surface area contributed by atoms with Crippen LogP contribution in [0.15, 0.2) is 35.7 Å². The van der Waals surface area contributed by atoms with E-state index >= 15 is 0 Å². The number of carbonyl (C=O) groups is 2. The summed E-state index contributed by atoms with van der Waals surface area (Å²) in [4.78, 5) is 31.0. The fraction of sp³-hybridized carbons (Fsp3) is 0.500. The second-order valence-corrected chi connectivity index (χ2v) is 10.3. The van der Waals surface area contributed by atoms with Crippen molar-refractivity contribution in [2.75, 3.05) is 26.2 Å². The first kappa shape index (κ1) is 22.9. The van der Waals surface area contributed by atoms with E-state index in [1.807, 2.05) is 30.9 Å². The number of nitrogens with zero attached hydrogens (tertiary/aromatic N) is 2. The lowest BCUT2D eigenvalue weighted by molar-refractivity contribution is -0.135. The Hall–Kier alpha value is -2.25. The largest absolute Gasteiger partial charge is 0.491 e. The topological polar surface area (TPSA) is 61.9 Å². The van der Waals surface area contributed by atoms with Gasteiger partial charge in [0.2, 0.25) is 5.91 Å². The Bertz CT molecular complexity index is 942. The maximum atomic E-state index is 13.4. The van der Waals surface area contributed by atoms with Crippen LogP contribution in [-0.2, 0) is 11.2 Å². The molecule has 2 heterocycles. The highest BCUT2D eigenvalue weighted by Crippen LogP contribution is 2.34. The van der Waals surface area contributed by atoms with E-state index in [0.29, 0.717) is 30.6 Å². The summed E-state index contributed by atoms with van der Waals surface area (Å²) in [7, 11) is 0. The summed E-state index contributed by atoms with van der Waals surface area (Å²) in [5.74, 6) is 1.19. The van der Waals surface area contributed by atoms with E-state index in [2.05, 4.69) is 16.8 Å². The van der Waals surface area contributed by atoms with E-state index in [0.717, 1.165) is 30.6 Å². The Morgan fingerprint density at radius 3 is 2.69 bits per heavy atom. The molecule has 1 aromatic carbocycles. The van der Waals surface area contributed by atoms with Gasteiger partial charge >= 0.3 is 6.03 Å². The van der Waals surface area contributed by atoms with Crippen molar-refractivity contribution in [2.45, 2.75) is 45.2 Å². The lowest BCUT2D eigenvalue weighted by Crippen LogP contribution is -2.51. The van der Waals surface area contributed by atoms with Gasteiger partial charge < -0.3 is 19.9 Å². The van der Waals surface area contributed by atoms with Crippen LogP contribution in [0.1, 0.15) is 43.2 Å². The predicted molar refractivity (Wildman–Crippen MR) is 127 cm³/mol. The van der Waals surface area contributed by atoms with Gasteiger partial charge in [-0.25, -0.2) is 4.79 Å². The molecule has 0 saturated heterocycles.